The van der Waals surface area contributed by atoms with Crippen molar-refractivity contribution in [2.75, 3.05) is 6.54 Å². The minimum atomic E-state index is -0.564. The fourth-order valence-electron chi connectivity index (χ4n) is 2.33. The van der Waals surface area contributed by atoms with Gasteiger partial charge in [-0.25, -0.2) is 0 Å². The summed E-state index contributed by atoms with van der Waals surface area (Å²) in [5, 5.41) is 9.94. The zero-order valence-corrected chi connectivity index (χ0v) is 12.6. The largest absolute Gasteiger partial charge is 0.503 e. The summed E-state index contributed by atoms with van der Waals surface area (Å²) in [7, 11) is 0. The molecular weight excluding hydrogens is 322 g/mol. The number of amides is 1. The molecule has 0 aliphatic carbocycles. The van der Waals surface area contributed by atoms with Crippen LogP contribution in [0.4, 0.5) is 0 Å². The average molecular weight is 336 g/mol. The Hall–Kier alpha value is -1.88. The molecule has 1 aliphatic heterocycles. The number of carbonyl (C=O) groups excluding carboxylic acids is 2. The van der Waals surface area contributed by atoms with Crippen molar-refractivity contribution in [1.29, 1.82) is 0 Å². The number of nitrogens with zero attached hydrogens (tertiary/aromatic N) is 1. The lowest BCUT2D eigenvalue weighted by Crippen LogP contribution is -2.31. The van der Waals surface area contributed by atoms with Gasteiger partial charge in [0.1, 0.15) is 0 Å². The van der Waals surface area contributed by atoms with Crippen molar-refractivity contribution in [2.45, 2.75) is 13.0 Å². The van der Waals surface area contributed by atoms with E-state index >= 15 is 0 Å². The molecule has 0 bridgehead atoms. The molecule has 4 nitrogen and oxygen atoms in total. The lowest BCUT2D eigenvalue weighted by atomic mass is 9.97. The van der Waals surface area contributed by atoms with E-state index < -0.39 is 17.7 Å². The molecule has 1 amide bonds. The lowest BCUT2D eigenvalue weighted by Gasteiger charge is -2.25. The summed E-state index contributed by atoms with van der Waals surface area (Å²) in [5.74, 6) is -1.31. The van der Waals surface area contributed by atoms with E-state index in [1.807, 2.05) is 24.3 Å². The number of ketones is 1. The predicted molar refractivity (Wildman–Crippen MR) is 79.1 cm³/mol. The van der Waals surface area contributed by atoms with Crippen molar-refractivity contribution in [1.82, 2.24) is 4.90 Å². The van der Waals surface area contributed by atoms with Gasteiger partial charge in [-0.2, -0.15) is 0 Å². The van der Waals surface area contributed by atoms with Gasteiger partial charge in [0, 0.05) is 11.0 Å². The van der Waals surface area contributed by atoms with Crippen LogP contribution in [0, 0.1) is 0 Å². The van der Waals surface area contributed by atoms with Gasteiger partial charge in [-0.05, 0) is 24.6 Å². The molecule has 0 unspecified atom stereocenters. The molecule has 0 radical (unpaired) electrons. The maximum absolute atomic E-state index is 12.1. The van der Waals surface area contributed by atoms with Gasteiger partial charge in [-0.15, -0.1) is 6.58 Å². The number of halogens is 1. The average Bonchev–Trinajstić information content (AvgIpc) is 2.65. The SMILES string of the molecule is C=CCN1C(=O)C(O)=C(C(C)=O)[C@@H]1c1ccc(Br)cc1. The maximum atomic E-state index is 12.1. The normalized spacial score (nSPS) is 18.6. The zero-order chi connectivity index (χ0) is 14.9. The molecule has 0 fully saturated rings. The number of hydrogen-bond acceptors (Lipinski definition) is 3. The Kier molecular flexibility index (Phi) is 4.09. The van der Waals surface area contributed by atoms with Crippen LogP contribution in [-0.2, 0) is 9.59 Å². The van der Waals surface area contributed by atoms with Crippen molar-refractivity contribution in [3.05, 3.63) is 58.3 Å². The molecule has 1 aromatic rings. The van der Waals surface area contributed by atoms with E-state index in [-0.39, 0.29) is 17.9 Å². The Morgan fingerprint density at radius 1 is 1.45 bits per heavy atom. The smallest absolute Gasteiger partial charge is 0.290 e. The topological polar surface area (TPSA) is 57.6 Å². The van der Waals surface area contributed by atoms with Crippen molar-refractivity contribution < 1.29 is 14.7 Å². The first-order valence-electron chi connectivity index (χ1n) is 6.08. The Morgan fingerprint density at radius 2 is 2.05 bits per heavy atom. The van der Waals surface area contributed by atoms with Crippen molar-refractivity contribution in [3.63, 3.8) is 0 Å². The molecule has 1 heterocycles. The van der Waals surface area contributed by atoms with Gasteiger partial charge in [0.15, 0.2) is 11.5 Å². The van der Waals surface area contributed by atoms with E-state index in [2.05, 4.69) is 22.5 Å². The first-order chi connectivity index (χ1) is 9.47. The quantitative estimate of drug-likeness (QED) is 0.860. The predicted octanol–water partition coefficient (Wildman–Crippen LogP) is 2.92. The highest BCUT2D eigenvalue weighted by Crippen LogP contribution is 2.37. The second-order valence-electron chi connectivity index (χ2n) is 4.52. The van der Waals surface area contributed by atoms with Crippen molar-refractivity contribution >= 4 is 27.6 Å². The van der Waals surface area contributed by atoms with Gasteiger partial charge in [-0.1, -0.05) is 34.1 Å². The highest BCUT2D eigenvalue weighted by molar-refractivity contribution is 9.10. The standard InChI is InChI=1S/C15H14BrNO3/c1-3-8-17-13(10-4-6-11(16)7-5-10)12(9(2)18)14(19)15(17)20/h3-7,13,19H,1,8H2,2H3/t13-/m0/s1. The molecule has 1 atom stereocenters. The van der Waals surface area contributed by atoms with Gasteiger partial charge in [-0.3, -0.25) is 9.59 Å². The Bertz CT molecular complexity index is 604. The molecule has 1 N–H and O–H groups in total. The number of Topliss-reactive ketones (excluding diaryl/α,β-unsaturated/α-hetero) is 1. The van der Waals surface area contributed by atoms with Crippen molar-refractivity contribution in [2.24, 2.45) is 0 Å². The first kappa shape index (κ1) is 14.5. The third kappa shape index (κ3) is 2.41. The van der Waals surface area contributed by atoms with Crippen LogP contribution < -0.4 is 0 Å². The minimum Gasteiger partial charge on any atom is -0.503 e. The molecule has 2 rings (SSSR count). The molecule has 1 aromatic carbocycles. The highest BCUT2D eigenvalue weighted by Gasteiger charge is 2.41. The molecule has 0 aromatic heterocycles. The summed E-state index contributed by atoms with van der Waals surface area (Å²) >= 11 is 3.34. The minimum absolute atomic E-state index is 0.138. The number of carbonyl (C=O) groups is 2. The Balaban J connectivity index is 2.54. The molecule has 0 spiro atoms. The summed E-state index contributed by atoms with van der Waals surface area (Å²) in [4.78, 5) is 25.3. The van der Waals surface area contributed by atoms with E-state index in [1.54, 1.807) is 6.08 Å². The van der Waals surface area contributed by atoms with Crippen LogP contribution in [-0.4, -0.2) is 28.2 Å². The summed E-state index contributed by atoms with van der Waals surface area (Å²) in [6.45, 7) is 5.22. The van der Waals surface area contributed by atoms with Gasteiger partial charge in [0.2, 0.25) is 0 Å². The van der Waals surface area contributed by atoms with E-state index in [0.29, 0.717) is 0 Å². The summed E-state index contributed by atoms with van der Waals surface area (Å²) in [5.41, 5.74) is 0.914. The summed E-state index contributed by atoms with van der Waals surface area (Å²) in [6.07, 6.45) is 1.57. The maximum Gasteiger partial charge on any atom is 0.290 e. The van der Waals surface area contributed by atoms with E-state index in [1.165, 1.54) is 11.8 Å². The third-order valence-electron chi connectivity index (χ3n) is 3.19. The zero-order valence-electron chi connectivity index (χ0n) is 11.0. The van der Waals surface area contributed by atoms with Crippen LogP contribution >= 0.6 is 15.9 Å². The third-order valence-corrected chi connectivity index (χ3v) is 3.72. The number of benzene rings is 1. The van der Waals surface area contributed by atoms with Crippen LogP contribution in [0.3, 0.4) is 0 Å². The Morgan fingerprint density at radius 3 is 2.55 bits per heavy atom. The highest BCUT2D eigenvalue weighted by atomic mass is 79.9. The fraction of sp³-hybridized carbons (Fsp3) is 0.200. The first-order valence-corrected chi connectivity index (χ1v) is 6.88. The number of rotatable bonds is 4. The molecule has 0 saturated carbocycles. The van der Waals surface area contributed by atoms with Crippen LogP contribution in [0.25, 0.3) is 0 Å². The molecular formula is C15H14BrNO3. The van der Waals surface area contributed by atoms with E-state index in [9.17, 15) is 14.7 Å². The number of aliphatic hydroxyl groups is 1. The van der Waals surface area contributed by atoms with Crippen molar-refractivity contribution in [3.8, 4) is 0 Å². The summed E-state index contributed by atoms with van der Waals surface area (Å²) in [6, 6.07) is 6.74. The van der Waals surface area contributed by atoms with Gasteiger partial charge in [0.05, 0.1) is 11.6 Å². The second-order valence-corrected chi connectivity index (χ2v) is 5.43. The van der Waals surface area contributed by atoms with Crippen LogP contribution in [0.1, 0.15) is 18.5 Å². The molecule has 5 heteroatoms. The van der Waals surface area contributed by atoms with Gasteiger partial charge in [0.25, 0.3) is 5.91 Å². The number of aliphatic hydroxyl groups excluding tert-OH is 1. The second kappa shape index (κ2) is 5.63. The van der Waals surface area contributed by atoms with Crippen LogP contribution in [0.5, 0.6) is 0 Å². The molecule has 1 aliphatic rings. The van der Waals surface area contributed by atoms with Gasteiger partial charge >= 0.3 is 0 Å². The Labute approximate surface area is 125 Å². The van der Waals surface area contributed by atoms with Gasteiger partial charge < -0.3 is 10.0 Å². The van der Waals surface area contributed by atoms with Crippen LogP contribution in [0.2, 0.25) is 0 Å². The molecule has 104 valence electrons. The fourth-order valence-corrected chi connectivity index (χ4v) is 2.60. The lowest BCUT2D eigenvalue weighted by molar-refractivity contribution is -0.128. The monoisotopic (exact) mass is 335 g/mol. The number of hydrogen-bond donors (Lipinski definition) is 1. The summed E-state index contributed by atoms with van der Waals surface area (Å²) < 4.78 is 0.901. The van der Waals surface area contributed by atoms with Crippen LogP contribution in [0.15, 0.2) is 52.7 Å². The molecule has 20 heavy (non-hydrogen) atoms. The van der Waals surface area contributed by atoms with E-state index in [4.69, 9.17) is 0 Å². The molecule has 0 saturated heterocycles. The van der Waals surface area contributed by atoms with E-state index in [0.717, 1.165) is 10.0 Å².